The normalized spacial score (nSPS) is 36.2. The Labute approximate surface area is 98.5 Å². The molecule has 3 heteroatoms. The van der Waals surface area contributed by atoms with Crippen LogP contribution < -0.4 is 0 Å². The summed E-state index contributed by atoms with van der Waals surface area (Å²) in [7, 11) is 2.12. The number of aliphatic hydroxyl groups excluding tert-OH is 1. The summed E-state index contributed by atoms with van der Waals surface area (Å²) in [5.74, 6) is 0. The molecule has 1 saturated carbocycles. The second-order valence-electron chi connectivity index (χ2n) is 5.83. The number of rotatable bonds is 2. The Balaban J connectivity index is 2.15. The summed E-state index contributed by atoms with van der Waals surface area (Å²) in [6, 6.07) is 0. The molecule has 1 unspecified atom stereocenters. The Morgan fingerprint density at radius 3 is 2.31 bits per heavy atom. The third kappa shape index (κ3) is 2.01. The standard InChI is InChI=1S/C13H25NO2/c1-14-9-4-7-13(16,8-10-14)12(11-15)5-2-3-6-12/h15-16H,2-11H2,1H3. The van der Waals surface area contributed by atoms with Gasteiger partial charge in [-0.05, 0) is 45.7 Å². The van der Waals surface area contributed by atoms with Crippen molar-refractivity contribution in [2.24, 2.45) is 5.41 Å². The van der Waals surface area contributed by atoms with Gasteiger partial charge in [-0.2, -0.15) is 0 Å². The Morgan fingerprint density at radius 2 is 1.69 bits per heavy atom. The van der Waals surface area contributed by atoms with E-state index < -0.39 is 5.60 Å². The van der Waals surface area contributed by atoms with Crippen LogP contribution in [0, 0.1) is 5.41 Å². The Hall–Kier alpha value is -0.120. The molecule has 0 bridgehead atoms. The Morgan fingerprint density at radius 1 is 1.00 bits per heavy atom. The molecule has 0 radical (unpaired) electrons. The van der Waals surface area contributed by atoms with Crippen LogP contribution in [0.1, 0.15) is 44.9 Å². The summed E-state index contributed by atoms with van der Waals surface area (Å²) >= 11 is 0. The number of likely N-dealkylation sites (tertiary alicyclic amines) is 1. The predicted octanol–water partition coefficient (Wildman–Crippen LogP) is 1.39. The van der Waals surface area contributed by atoms with E-state index in [9.17, 15) is 10.2 Å². The highest BCUT2D eigenvalue weighted by Gasteiger charge is 2.51. The smallest absolute Gasteiger partial charge is 0.0738 e. The first kappa shape index (κ1) is 12.3. The molecule has 2 rings (SSSR count). The van der Waals surface area contributed by atoms with E-state index in [1.54, 1.807) is 0 Å². The van der Waals surface area contributed by atoms with Crippen molar-refractivity contribution < 1.29 is 10.2 Å². The summed E-state index contributed by atoms with van der Waals surface area (Å²) < 4.78 is 0. The van der Waals surface area contributed by atoms with E-state index in [4.69, 9.17) is 0 Å². The molecule has 94 valence electrons. The second-order valence-corrected chi connectivity index (χ2v) is 5.83. The molecular formula is C13H25NO2. The van der Waals surface area contributed by atoms with Gasteiger partial charge in [-0.3, -0.25) is 0 Å². The van der Waals surface area contributed by atoms with E-state index >= 15 is 0 Å². The van der Waals surface area contributed by atoms with E-state index in [-0.39, 0.29) is 12.0 Å². The lowest BCUT2D eigenvalue weighted by Crippen LogP contribution is -2.49. The molecule has 1 heterocycles. The molecule has 0 aromatic heterocycles. The first-order chi connectivity index (χ1) is 7.62. The lowest BCUT2D eigenvalue weighted by molar-refractivity contribution is -0.115. The van der Waals surface area contributed by atoms with Crippen LogP contribution in [0.3, 0.4) is 0 Å². The zero-order valence-corrected chi connectivity index (χ0v) is 10.4. The molecule has 2 aliphatic rings. The summed E-state index contributed by atoms with van der Waals surface area (Å²) in [6.45, 7) is 2.19. The van der Waals surface area contributed by atoms with E-state index in [2.05, 4.69) is 11.9 Å². The minimum Gasteiger partial charge on any atom is -0.396 e. The van der Waals surface area contributed by atoms with Crippen LogP contribution in [-0.4, -0.2) is 47.5 Å². The molecule has 1 saturated heterocycles. The van der Waals surface area contributed by atoms with E-state index in [0.717, 1.165) is 45.2 Å². The van der Waals surface area contributed by atoms with Crippen LogP contribution in [0.15, 0.2) is 0 Å². The van der Waals surface area contributed by atoms with Crippen molar-refractivity contribution in [3.05, 3.63) is 0 Å². The first-order valence-electron chi connectivity index (χ1n) is 6.64. The van der Waals surface area contributed by atoms with Gasteiger partial charge in [0, 0.05) is 12.0 Å². The molecule has 3 nitrogen and oxygen atoms in total. The molecule has 2 N–H and O–H groups in total. The largest absolute Gasteiger partial charge is 0.396 e. The fourth-order valence-electron chi connectivity index (χ4n) is 3.61. The van der Waals surface area contributed by atoms with Crippen molar-refractivity contribution in [1.82, 2.24) is 4.90 Å². The summed E-state index contributed by atoms with van der Waals surface area (Å²) in [6.07, 6.45) is 7.07. The maximum atomic E-state index is 10.9. The third-order valence-electron chi connectivity index (χ3n) is 4.89. The fourth-order valence-corrected chi connectivity index (χ4v) is 3.61. The number of aliphatic hydroxyl groups is 2. The van der Waals surface area contributed by atoms with Gasteiger partial charge in [-0.15, -0.1) is 0 Å². The van der Waals surface area contributed by atoms with Gasteiger partial charge < -0.3 is 15.1 Å². The molecule has 0 spiro atoms. The van der Waals surface area contributed by atoms with E-state index in [0.29, 0.717) is 0 Å². The van der Waals surface area contributed by atoms with Gasteiger partial charge in [0.2, 0.25) is 0 Å². The van der Waals surface area contributed by atoms with Gasteiger partial charge in [0.25, 0.3) is 0 Å². The lowest BCUT2D eigenvalue weighted by Gasteiger charge is -2.44. The van der Waals surface area contributed by atoms with Crippen molar-refractivity contribution >= 4 is 0 Å². The lowest BCUT2D eigenvalue weighted by atomic mass is 9.67. The molecule has 2 fully saturated rings. The zero-order chi connectivity index (χ0) is 11.6. The van der Waals surface area contributed by atoms with Crippen molar-refractivity contribution in [1.29, 1.82) is 0 Å². The van der Waals surface area contributed by atoms with Crippen LogP contribution in [-0.2, 0) is 0 Å². The zero-order valence-electron chi connectivity index (χ0n) is 10.4. The first-order valence-corrected chi connectivity index (χ1v) is 6.64. The maximum Gasteiger partial charge on any atom is 0.0738 e. The van der Waals surface area contributed by atoms with Crippen LogP contribution in [0.2, 0.25) is 0 Å². The highest BCUT2D eigenvalue weighted by molar-refractivity contribution is 5.02. The second kappa shape index (κ2) is 4.63. The van der Waals surface area contributed by atoms with Crippen LogP contribution in [0.25, 0.3) is 0 Å². The number of hydrogen-bond acceptors (Lipinski definition) is 3. The summed E-state index contributed by atoms with van der Waals surface area (Å²) in [4.78, 5) is 2.29. The van der Waals surface area contributed by atoms with Crippen molar-refractivity contribution in [2.45, 2.75) is 50.5 Å². The fraction of sp³-hybridized carbons (Fsp3) is 1.00. The molecule has 0 aromatic rings. The Kier molecular flexibility index (Phi) is 3.57. The van der Waals surface area contributed by atoms with Crippen LogP contribution >= 0.6 is 0 Å². The highest BCUT2D eigenvalue weighted by Crippen LogP contribution is 2.50. The van der Waals surface area contributed by atoms with Gasteiger partial charge in [-0.1, -0.05) is 12.8 Å². The van der Waals surface area contributed by atoms with Crippen LogP contribution in [0.5, 0.6) is 0 Å². The van der Waals surface area contributed by atoms with Gasteiger partial charge in [0.1, 0.15) is 0 Å². The summed E-state index contributed by atoms with van der Waals surface area (Å²) in [5.41, 5.74) is -0.818. The highest BCUT2D eigenvalue weighted by atomic mass is 16.3. The van der Waals surface area contributed by atoms with E-state index in [1.807, 2.05) is 0 Å². The molecule has 0 aromatic carbocycles. The summed E-state index contributed by atoms with van der Waals surface area (Å²) in [5, 5.41) is 20.7. The third-order valence-corrected chi connectivity index (χ3v) is 4.89. The topological polar surface area (TPSA) is 43.7 Å². The van der Waals surface area contributed by atoms with Gasteiger partial charge in [0.05, 0.1) is 12.2 Å². The molecule has 1 aliphatic heterocycles. The number of hydrogen-bond donors (Lipinski definition) is 2. The van der Waals surface area contributed by atoms with Crippen LogP contribution in [0.4, 0.5) is 0 Å². The van der Waals surface area contributed by atoms with E-state index in [1.165, 1.54) is 12.8 Å². The van der Waals surface area contributed by atoms with Crippen molar-refractivity contribution in [3.63, 3.8) is 0 Å². The minimum atomic E-state index is -0.622. The maximum absolute atomic E-state index is 10.9. The molecular weight excluding hydrogens is 202 g/mol. The molecule has 0 amide bonds. The average Bonchev–Trinajstić information content (AvgIpc) is 2.70. The Bertz CT molecular complexity index is 238. The SMILES string of the molecule is CN1CCCC(O)(C2(CO)CCCC2)CC1. The van der Waals surface area contributed by atoms with Crippen molar-refractivity contribution in [2.75, 3.05) is 26.7 Å². The molecule has 1 aliphatic carbocycles. The van der Waals surface area contributed by atoms with Crippen molar-refractivity contribution in [3.8, 4) is 0 Å². The number of nitrogens with zero attached hydrogens (tertiary/aromatic N) is 1. The monoisotopic (exact) mass is 227 g/mol. The molecule has 1 atom stereocenters. The average molecular weight is 227 g/mol. The van der Waals surface area contributed by atoms with Gasteiger partial charge in [-0.25, -0.2) is 0 Å². The predicted molar refractivity (Wildman–Crippen MR) is 64.3 cm³/mol. The molecule has 16 heavy (non-hydrogen) atoms. The minimum absolute atomic E-state index is 0.160. The quantitative estimate of drug-likeness (QED) is 0.749. The van der Waals surface area contributed by atoms with Gasteiger partial charge >= 0.3 is 0 Å². The van der Waals surface area contributed by atoms with Gasteiger partial charge in [0.15, 0.2) is 0 Å².